The molecule has 1 unspecified atom stereocenters. The Morgan fingerprint density at radius 2 is 2.15 bits per heavy atom. The number of hydrogen-bond acceptors (Lipinski definition) is 9. The minimum absolute atomic E-state index is 0.189. The van der Waals surface area contributed by atoms with Gasteiger partial charge in [-0.25, -0.2) is 9.98 Å². The van der Waals surface area contributed by atoms with Gasteiger partial charge in [-0.3, -0.25) is 15.5 Å². The van der Waals surface area contributed by atoms with Gasteiger partial charge < -0.3 is 19.8 Å². The van der Waals surface area contributed by atoms with E-state index in [0.29, 0.717) is 17.8 Å². The summed E-state index contributed by atoms with van der Waals surface area (Å²) >= 11 is 0. The van der Waals surface area contributed by atoms with Gasteiger partial charge in [-0.2, -0.15) is 0 Å². The van der Waals surface area contributed by atoms with Crippen molar-refractivity contribution < 1.29 is 19.7 Å². The number of aliphatic hydroxyl groups excluding tert-OH is 2. The highest BCUT2D eigenvalue weighted by Gasteiger charge is 2.49. The van der Waals surface area contributed by atoms with Crippen LogP contribution in [0.25, 0.3) is 0 Å². The second-order valence-electron chi connectivity index (χ2n) is 6.39. The molecule has 0 bridgehead atoms. The SMILES string of the molecule is NC1(C(=O)c2ccccc2)N=CN=C2C1=NCN2[C@H]1C[C@H](O)[C@@H](CO)O1. The highest BCUT2D eigenvalue weighted by Crippen LogP contribution is 2.29. The van der Waals surface area contributed by atoms with Crippen molar-refractivity contribution in [2.75, 3.05) is 13.3 Å². The van der Waals surface area contributed by atoms with E-state index in [1.54, 1.807) is 29.2 Å². The van der Waals surface area contributed by atoms with Crippen LogP contribution in [0.1, 0.15) is 16.8 Å². The zero-order valence-corrected chi connectivity index (χ0v) is 13.9. The molecular formula is C17H19N5O4. The summed E-state index contributed by atoms with van der Waals surface area (Å²) < 4.78 is 5.67. The topological polar surface area (TPSA) is 133 Å². The van der Waals surface area contributed by atoms with Crippen molar-refractivity contribution in [1.29, 1.82) is 0 Å². The number of benzene rings is 1. The normalized spacial score (nSPS) is 33.0. The molecule has 3 aliphatic heterocycles. The third kappa shape index (κ3) is 2.56. The summed E-state index contributed by atoms with van der Waals surface area (Å²) in [5, 5.41) is 19.2. The quantitative estimate of drug-likeness (QED) is 0.601. The molecule has 0 saturated carbocycles. The average molecular weight is 357 g/mol. The number of hydrogen-bond donors (Lipinski definition) is 3. The number of rotatable bonds is 4. The minimum atomic E-state index is -1.65. The lowest BCUT2D eigenvalue weighted by Gasteiger charge is -2.30. The van der Waals surface area contributed by atoms with Gasteiger partial charge in [-0.1, -0.05) is 30.3 Å². The van der Waals surface area contributed by atoms with Gasteiger partial charge in [0, 0.05) is 12.0 Å². The largest absolute Gasteiger partial charge is 0.394 e. The smallest absolute Gasteiger partial charge is 0.219 e. The van der Waals surface area contributed by atoms with Crippen LogP contribution in [0.3, 0.4) is 0 Å². The Morgan fingerprint density at radius 1 is 1.38 bits per heavy atom. The van der Waals surface area contributed by atoms with E-state index in [1.165, 1.54) is 6.34 Å². The Morgan fingerprint density at radius 3 is 2.85 bits per heavy atom. The van der Waals surface area contributed by atoms with E-state index in [0.717, 1.165) is 0 Å². The van der Waals surface area contributed by atoms with Crippen LogP contribution in [-0.4, -0.2) is 76.2 Å². The van der Waals surface area contributed by atoms with Crippen molar-refractivity contribution in [2.45, 2.75) is 30.5 Å². The van der Waals surface area contributed by atoms with Crippen LogP contribution in [0, 0.1) is 0 Å². The fourth-order valence-electron chi connectivity index (χ4n) is 3.36. The number of carbonyl (C=O) groups is 1. The van der Waals surface area contributed by atoms with E-state index in [-0.39, 0.29) is 24.8 Å². The van der Waals surface area contributed by atoms with Crippen molar-refractivity contribution in [2.24, 2.45) is 20.7 Å². The highest BCUT2D eigenvalue weighted by molar-refractivity contribution is 6.52. The van der Waals surface area contributed by atoms with E-state index in [9.17, 15) is 15.0 Å². The van der Waals surface area contributed by atoms with Crippen LogP contribution in [0.2, 0.25) is 0 Å². The fraction of sp³-hybridized carbons (Fsp3) is 0.412. The van der Waals surface area contributed by atoms with E-state index >= 15 is 0 Å². The molecule has 136 valence electrons. The molecule has 0 spiro atoms. The number of nitrogens with two attached hydrogens (primary N) is 1. The van der Waals surface area contributed by atoms with E-state index in [2.05, 4.69) is 15.0 Å². The molecule has 1 fully saturated rings. The third-order valence-corrected chi connectivity index (χ3v) is 4.78. The van der Waals surface area contributed by atoms with Crippen LogP contribution in [0.5, 0.6) is 0 Å². The summed E-state index contributed by atoms with van der Waals surface area (Å²) in [6, 6.07) is 8.67. The van der Waals surface area contributed by atoms with Crippen molar-refractivity contribution >= 4 is 23.7 Å². The number of Topliss-reactive ketones (excluding diaryl/α,β-unsaturated/α-hetero) is 1. The summed E-state index contributed by atoms with van der Waals surface area (Å²) in [5.41, 5.74) is 5.40. The Bertz CT molecular complexity index is 809. The Labute approximate surface area is 149 Å². The second-order valence-corrected chi connectivity index (χ2v) is 6.39. The lowest BCUT2D eigenvalue weighted by atomic mass is 9.93. The van der Waals surface area contributed by atoms with Crippen molar-refractivity contribution in [3.8, 4) is 0 Å². The predicted molar refractivity (Wildman–Crippen MR) is 94.1 cm³/mol. The number of ketones is 1. The summed E-state index contributed by atoms with van der Waals surface area (Å²) in [4.78, 5) is 27.4. The number of aliphatic hydroxyl groups is 2. The lowest BCUT2D eigenvalue weighted by molar-refractivity contribution is -0.0560. The van der Waals surface area contributed by atoms with Crippen LogP contribution in [-0.2, 0) is 4.74 Å². The summed E-state index contributed by atoms with van der Waals surface area (Å²) in [6.07, 6.45) is -0.391. The average Bonchev–Trinajstić information content (AvgIpc) is 3.26. The number of aliphatic imine (C=N–C) groups is 3. The number of ether oxygens (including phenoxy) is 1. The molecule has 9 nitrogen and oxygen atoms in total. The maximum absolute atomic E-state index is 12.9. The van der Waals surface area contributed by atoms with Gasteiger partial charge in [0.15, 0.2) is 5.84 Å². The first-order valence-corrected chi connectivity index (χ1v) is 8.31. The first-order chi connectivity index (χ1) is 12.5. The van der Waals surface area contributed by atoms with E-state index in [1.807, 2.05) is 6.07 Å². The summed E-state index contributed by atoms with van der Waals surface area (Å²) in [6.45, 7) is -0.0887. The molecule has 4 rings (SSSR count). The van der Waals surface area contributed by atoms with E-state index in [4.69, 9.17) is 10.5 Å². The molecule has 3 aliphatic rings. The van der Waals surface area contributed by atoms with Crippen LogP contribution in [0.4, 0.5) is 0 Å². The van der Waals surface area contributed by atoms with E-state index < -0.39 is 24.1 Å². The van der Waals surface area contributed by atoms with Crippen LogP contribution in [0.15, 0.2) is 45.3 Å². The van der Waals surface area contributed by atoms with Gasteiger partial charge in [-0.05, 0) is 0 Å². The first-order valence-electron chi connectivity index (χ1n) is 8.31. The minimum Gasteiger partial charge on any atom is -0.394 e. The van der Waals surface area contributed by atoms with Gasteiger partial charge in [0.2, 0.25) is 11.4 Å². The second kappa shape index (κ2) is 6.36. The maximum atomic E-state index is 12.9. The lowest BCUT2D eigenvalue weighted by Crippen LogP contribution is -2.59. The zero-order valence-electron chi connectivity index (χ0n) is 13.9. The van der Waals surface area contributed by atoms with Crippen molar-refractivity contribution in [1.82, 2.24) is 4.90 Å². The van der Waals surface area contributed by atoms with Gasteiger partial charge in [-0.15, -0.1) is 0 Å². The molecule has 1 aromatic rings. The van der Waals surface area contributed by atoms with Crippen molar-refractivity contribution in [3.63, 3.8) is 0 Å². The van der Waals surface area contributed by atoms with Gasteiger partial charge in [0.1, 0.15) is 31.1 Å². The molecule has 4 N–H and O–H groups in total. The molecule has 26 heavy (non-hydrogen) atoms. The molecule has 9 heteroatoms. The molecule has 0 radical (unpaired) electrons. The number of amidine groups is 1. The Balaban J connectivity index is 1.60. The highest BCUT2D eigenvalue weighted by atomic mass is 16.5. The first kappa shape index (κ1) is 17.0. The van der Waals surface area contributed by atoms with Crippen LogP contribution < -0.4 is 5.73 Å². The standard InChI is InChI=1S/C17H19N5O4/c18-17(15(25)10-4-2-1-3-5-10)14-16(19-8-21-17)22(9-20-14)13-6-11(24)12(7-23)26-13/h1-5,8,11-13,23-24H,6-7,9,18H2/t11-,12+,13+,17?/m0/s1. The third-order valence-electron chi connectivity index (χ3n) is 4.78. The fourth-order valence-corrected chi connectivity index (χ4v) is 3.36. The number of fused-ring (bicyclic) bond motifs is 1. The van der Waals surface area contributed by atoms with Gasteiger partial charge in [0.25, 0.3) is 0 Å². The molecule has 1 aromatic carbocycles. The van der Waals surface area contributed by atoms with Gasteiger partial charge >= 0.3 is 0 Å². The molecule has 0 amide bonds. The molecule has 0 aromatic heterocycles. The molecule has 1 saturated heterocycles. The Kier molecular flexibility index (Phi) is 4.16. The summed E-state index contributed by atoms with van der Waals surface area (Å²) in [7, 11) is 0. The van der Waals surface area contributed by atoms with Gasteiger partial charge in [0.05, 0.1) is 12.7 Å². The Hall–Kier alpha value is -2.46. The molecular weight excluding hydrogens is 338 g/mol. The molecule has 3 heterocycles. The molecule has 0 aliphatic carbocycles. The van der Waals surface area contributed by atoms with Crippen LogP contribution >= 0.6 is 0 Å². The zero-order chi connectivity index (χ0) is 18.3. The molecule has 4 atom stereocenters. The number of nitrogens with zero attached hydrogens (tertiary/aromatic N) is 4. The maximum Gasteiger partial charge on any atom is 0.219 e. The monoisotopic (exact) mass is 357 g/mol. The number of carbonyl (C=O) groups excluding carboxylic acids is 1. The summed E-state index contributed by atoms with van der Waals surface area (Å²) in [5.74, 6) is 0.0329. The predicted octanol–water partition coefficient (Wildman–Crippen LogP) is -0.853. The van der Waals surface area contributed by atoms with Crippen molar-refractivity contribution in [3.05, 3.63) is 35.9 Å².